The van der Waals surface area contributed by atoms with Crippen molar-refractivity contribution < 1.29 is 28.1 Å². The molecule has 2 fully saturated rings. The molecule has 34 heavy (non-hydrogen) atoms. The summed E-state index contributed by atoms with van der Waals surface area (Å²) in [5.41, 5.74) is 8.10. The Balaban J connectivity index is 1.36. The maximum Gasteiger partial charge on any atom is 0.166 e. The maximum absolute atomic E-state index is 14.3. The highest BCUT2D eigenvalue weighted by Crippen LogP contribution is 2.38. The highest BCUT2D eigenvalue weighted by molar-refractivity contribution is 6.31. The Morgan fingerprint density at radius 3 is 2.56 bits per heavy atom. The Morgan fingerprint density at radius 1 is 1.06 bits per heavy atom. The van der Waals surface area contributed by atoms with Gasteiger partial charge in [0, 0.05) is 34.8 Å². The molecule has 5 rings (SSSR count). The van der Waals surface area contributed by atoms with Gasteiger partial charge in [0.15, 0.2) is 11.6 Å². The van der Waals surface area contributed by atoms with Gasteiger partial charge in [0.1, 0.15) is 29.9 Å². The van der Waals surface area contributed by atoms with E-state index in [4.69, 9.17) is 31.5 Å². The van der Waals surface area contributed by atoms with Gasteiger partial charge in [-0.05, 0) is 31.2 Å². The van der Waals surface area contributed by atoms with Crippen LogP contribution < -0.4 is 10.5 Å². The number of anilines is 1. The predicted octanol–water partition coefficient (Wildman–Crippen LogP) is 4.04. The van der Waals surface area contributed by atoms with Gasteiger partial charge in [-0.3, -0.25) is 4.98 Å². The van der Waals surface area contributed by atoms with Crippen LogP contribution in [0.25, 0.3) is 11.1 Å². The molecule has 10 heteroatoms. The van der Waals surface area contributed by atoms with Crippen LogP contribution in [0.4, 0.5) is 14.6 Å². The van der Waals surface area contributed by atoms with Crippen molar-refractivity contribution in [2.75, 3.05) is 18.9 Å². The van der Waals surface area contributed by atoms with Crippen LogP contribution in [0.3, 0.4) is 0 Å². The van der Waals surface area contributed by atoms with Crippen molar-refractivity contribution in [3.8, 4) is 16.9 Å². The van der Waals surface area contributed by atoms with Crippen LogP contribution in [-0.2, 0) is 9.47 Å². The minimum Gasteiger partial charge on any atom is -0.482 e. The van der Waals surface area contributed by atoms with Crippen molar-refractivity contribution in [3.05, 3.63) is 70.6 Å². The molecular weight excluding hydrogens is 468 g/mol. The lowest BCUT2D eigenvalue weighted by atomic mass is 9.96. The first kappa shape index (κ1) is 22.9. The van der Waals surface area contributed by atoms with Crippen molar-refractivity contribution in [1.29, 1.82) is 0 Å². The number of rotatable bonds is 5. The molecule has 2 aliphatic rings. The van der Waals surface area contributed by atoms with Crippen molar-refractivity contribution >= 4 is 17.4 Å². The number of fused-ring (bicyclic) bond motifs is 1. The van der Waals surface area contributed by atoms with Gasteiger partial charge >= 0.3 is 0 Å². The van der Waals surface area contributed by atoms with E-state index in [0.717, 1.165) is 23.4 Å². The van der Waals surface area contributed by atoms with Crippen molar-refractivity contribution in [3.63, 3.8) is 0 Å². The molecule has 5 unspecified atom stereocenters. The Kier molecular flexibility index (Phi) is 6.11. The number of aliphatic hydroxyl groups excluding tert-OH is 1. The van der Waals surface area contributed by atoms with Crippen molar-refractivity contribution in [2.45, 2.75) is 37.3 Å². The monoisotopic (exact) mass is 489 g/mol. The number of ether oxygens (including phenoxy) is 3. The molecule has 0 bridgehead atoms. The predicted molar refractivity (Wildman–Crippen MR) is 121 cm³/mol. The smallest absolute Gasteiger partial charge is 0.166 e. The summed E-state index contributed by atoms with van der Waals surface area (Å²) in [6, 6.07) is 7.37. The van der Waals surface area contributed by atoms with Gasteiger partial charge in [-0.15, -0.1) is 0 Å². The van der Waals surface area contributed by atoms with E-state index in [1.54, 1.807) is 25.4 Å². The third-order valence-electron chi connectivity index (χ3n) is 6.20. The largest absolute Gasteiger partial charge is 0.482 e. The Labute approximate surface area is 199 Å². The van der Waals surface area contributed by atoms with E-state index in [1.807, 2.05) is 12.1 Å². The molecule has 0 radical (unpaired) electrons. The first-order valence-electron chi connectivity index (χ1n) is 10.8. The van der Waals surface area contributed by atoms with Gasteiger partial charge < -0.3 is 25.1 Å². The number of aromatic nitrogens is 2. The zero-order chi connectivity index (χ0) is 24.0. The number of nitrogens with two attached hydrogens (primary N) is 1. The lowest BCUT2D eigenvalue weighted by molar-refractivity contribution is 0.0181. The van der Waals surface area contributed by atoms with E-state index in [-0.39, 0.29) is 46.9 Å². The number of nitrogens with zero attached hydrogens (tertiary/aromatic N) is 2. The Hall–Kier alpha value is -2.85. The summed E-state index contributed by atoms with van der Waals surface area (Å²) in [5, 5.41) is 9.60. The molecule has 0 spiro atoms. The summed E-state index contributed by atoms with van der Waals surface area (Å²) in [5.74, 6) is -1.19. The van der Waals surface area contributed by atoms with E-state index in [9.17, 15) is 13.9 Å². The molecule has 5 atom stereocenters. The summed E-state index contributed by atoms with van der Waals surface area (Å²) in [6.45, 7) is 2.23. The number of aliphatic hydroxyl groups is 1. The highest BCUT2D eigenvalue weighted by Gasteiger charge is 2.48. The molecule has 4 heterocycles. The second kappa shape index (κ2) is 9.07. The third kappa shape index (κ3) is 4.09. The average Bonchev–Trinajstić information content (AvgIpc) is 3.41. The highest BCUT2D eigenvalue weighted by atomic mass is 35.5. The summed E-state index contributed by atoms with van der Waals surface area (Å²) in [4.78, 5) is 8.74. The maximum atomic E-state index is 14.3. The standard InChI is InChI=1S/C24H22ClF2N3O4/c1-11(20-15(26)3-4-16(27)21(20)25)34-19-6-13(8-30-24(19)28)12-2-5-17(29-7-12)14-9-32-23-18(31)10-33-22(14)23/h2-8,11,14,18,22-23,31H,9-10H2,1H3,(H2,28,30). The lowest BCUT2D eigenvalue weighted by Crippen LogP contribution is -2.28. The molecule has 1 aromatic carbocycles. The third-order valence-corrected chi connectivity index (χ3v) is 6.58. The molecule has 7 nitrogen and oxygen atoms in total. The number of halogens is 3. The molecule has 2 saturated heterocycles. The quantitative estimate of drug-likeness (QED) is 0.522. The van der Waals surface area contributed by atoms with Gasteiger partial charge in [0.25, 0.3) is 0 Å². The summed E-state index contributed by atoms with van der Waals surface area (Å²) >= 11 is 5.95. The van der Waals surface area contributed by atoms with Crippen LogP contribution in [0.5, 0.6) is 5.75 Å². The van der Waals surface area contributed by atoms with Crippen molar-refractivity contribution in [1.82, 2.24) is 9.97 Å². The fraction of sp³-hybridized carbons (Fsp3) is 0.333. The van der Waals surface area contributed by atoms with E-state index < -0.39 is 23.8 Å². The summed E-state index contributed by atoms with van der Waals surface area (Å²) < 4.78 is 45.3. The molecule has 178 valence electrons. The number of nitrogen functional groups attached to an aromatic ring is 1. The normalized spacial score (nSPS) is 24.7. The van der Waals surface area contributed by atoms with Gasteiger partial charge in [0.05, 0.1) is 30.3 Å². The molecule has 0 amide bonds. The fourth-order valence-electron chi connectivity index (χ4n) is 4.40. The number of pyridine rings is 2. The van der Waals surface area contributed by atoms with Gasteiger partial charge in [0.2, 0.25) is 0 Å². The van der Waals surface area contributed by atoms with Crippen LogP contribution in [0.2, 0.25) is 5.02 Å². The molecule has 0 saturated carbocycles. The second-order valence-corrected chi connectivity index (χ2v) is 8.74. The van der Waals surface area contributed by atoms with Crippen LogP contribution in [0.15, 0.2) is 42.7 Å². The summed E-state index contributed by atoms with van der Waals surface area (Å²) in [7, 11) is 0. The molecule has 2 aliphatic heterocycles. The Bertz CT molecular complexity index is 1210. The van der Waals surface area contributed by atoms with Gasteiger partial charge in [-0.1, -0.05) is 17.7 Å². The average molecular weight is 490 g/mol. The van der Waals surface area contributed by atoms with Gasteiger partial charge in [-0.2, -0.15) is 0 Å². The lowest BCUT2D eigenvalue weighted by Gasteiger charge is -2.19. The molecule has 3 aromatic rings. The number of hydrogen-bond donors (Lipinski definition) is 2. The van der Waals surface area contributed by atoms with E-state index in [0.29, 0.717) is 12.2 Å². The molecule has 0 aliphatic carbocycles. The zero-order valence-corrected chi connectivity index (χ0v) is 18.9. The van der Waals surface area contributed by atoms with E-state index in [1.165, 1.54) is 0 Å². The number of hydrogen-bond acceptors (Lipinski definition) is 7. The van der Waals surface area contributed by atoms with Gasteiger partial charge in [-0.25, -0.2) is 13.8 Å². The molecular formula is C24H22ClF2N3O4. The minimum atomic E-state index is -0.917. The van der Waals surface area contributed by atoms with Crippen LogP contribution in [0, 0.1) is 11.6 Å². The molecule has 2 aromatic heterocycles. The van der Waals surface area contributed by atoms with E-state index in [2.05, 4.69) is 9.97 Å². The summed E-state index contributed by atoms with van der Waals surface area (Å²) in [6.07, 6.45) is 1.18. The second-order valence-electron chi connectivity index (χ2n) is 8.37. The van der Waals surface area contributed by atoms with E-state index >= 15 is 0 Å². The van der Waals surface area contributed by atoms with Crippen LogP contribution in [0.1, 0.15) is 30.2 Å². The zero-order valence-electron chi connectivity index (χ0n) is 18.1. The Morgan fingerprint density at radius 2 is 1.79 bits per heavy atom. The first-order valence-corrected chi connectivity index (χ1v) is 11.1. The number of benzene rings is 1. The van der Waals surface area contributed by atoms with Crippen LogP contribution in [-0.4, -0.2) is 46.6 Å². The SMILES string of the molecule is CC(Oc1cc(-c2ccc(C3COC4C(O)COC34)nc2)cnc1N)c1c(F)ccc(F)c1Cl. The first-order chi connectivity index (χ1) is 16.3. The minimum absolute atomic E-state index is 0.0635. The van der Waals surface area contributed by atoms with Crippen LogP contribution >= 0.6 is 11.6 Å². The fourth-order valence-corrected chi connectivity index (χ4v) is 4.71. The topological polar surface area (TPSA) is 99.7 Å². The molecule has 3 N–H and O–H groups in total. The van der Waals surface area contributed by atoms with Crippen molar-refractivity contribution in [2.24, 2.45) is 0 Å².